The summed E-state index contributed by atoms with van der Waals surface area (Å²) in [6.07, 6.45) is 2.01. The Kier molecular flexibility index (Phi) is 4.79. The van der Waals surface area contributed by atoms with Gasteiger partial charge in [-0.15, -0.1) is 0 Å². The predicted molar refractivity (Wildman–Crippen MR) is 60.3 cm³/mol. The van der Waals surface area contributed by atoms with E-state index in [9.17, 15) is 9.59 Å². The highest BCUT2D eigenvalue weighted by Gasteiger charge is 2.09. The van der Waals surface area contributed by atoms with Crippen LogP contribution in [0.15, 0.2) is 36.0 Å². The first-order valence-corrected chi connectivity index (χ1v) is 4.92. The quantitative estimate of drug-likeness (QED) is 0.462. The van der Waals surface area contributed by atoms with Crippen molar-refractivity contribution in [1.82, 2.24) is 5.32 Å². The number of carbonyl (C=O) groups excluding carboxylic acids is 2. The summed E-state index contributed by atoms with van der Waals surface area (Å²) < 4.78 is 4.80. The fraction of sp³-hybridized carbons (Fsp3) is 0.167. The van der Waals surface area contributed by atoms with Gasteiger partial charge < -0.3 is 10.1 Å². The number of esters is 1. The number of nitrogens with one attached hydrogen (secondary N) is 1. The summed E-state index contributed by atoms with van der Waals surface area (Å²) in [6.45, 7) is 1.98. The molecule has 0 unspecified atom stereocenters. The van der Waals surface area contributed by atoms with E-state index >= 15 is 0 Å². The Morgan fingerprint density at radius 3 is 2.62 bits per heavy atom. The molecule has 1 aromatic carbocycles. The molecule has 0 aromatic heterocycles. The number of benzene rings is 1. The van der Waals surface area contributed by atoms with Crippen molar-refractivity contribution in [1.29, 1.82) is 0 Å². The van der Waals surface area contributed by atoms with E-state index in [4.69, 9.17) is 4.74 Å². The smallest absolute Gasteiger partial charge is 0.354 e. The Morgan fingerprint density at radius 1 is 1.38 bits per heavy atom. The highest BCUT2D eigenvalue weighted by Crippen LogP contribution is 2.05. The Morgan fingerprint density at radius 2 is 2.06 bits per heavy atom. The molecule has 1 rings (SSSR count). The van der Waals surface area contributed by atoms with Crippen LogP contribution >= 0.6 is 0 Å². The molecule has 1 amide bonds. The minimum atomic E-state index is -0.543. The molecule has 1 N–H and O–H groups in total. The van der Waals surface area contributed by atoms with Gasteiger partial charge in [-0.1, -0.05) is 30.3 Å². The van der Waals surface area contributed by atoms with E-state index in [1.165, 1.54) is 0 Å². The molecule has 0 saturated carbocycles. The van der Waals surface area contributed by atoms with Gasteiger partial charge in [0.05, 0.1) is 6.61 Å². The molecule has 0 saturated heterocycles. The third-order valence-electron chi connectivity index (χ3n) is 1.82. The maximum absolute atomic E-state index is 11.4. The third kappa shape index (κ3) is 3.57. The van der Waals surface area contributed by atoms with Crippen LogP contribution in [0.1, 0.15) is 12.5 Å². The summed E-state index contributed by atoms with van der Waals surface area (Å²) in [6, 6.07) is 9.21. The second kappa shape index (κ2) is 6.40. The van der Waals surface area contributed by atoms with Gasteiger partial charge in [-0.2, -0.15) is 0 Å². The largest absolute Gasteiger partial charge is 0.461 e. The molecule has 0 bridgehead atoms. The number of rotatable bonds is 5. The van der Waals surface area contributed by atoms with E-state index in [0.717, 1.165) is 5.56 Å². The molecule has 4 nitrogen and oxygen atoms in total. The fourth-order valence-electron chi connectivity index (χ4n) is 1.15. The SMILES string of the molecule is CCOC(=O)/C(=C\c1ccccc1)NC=O. The molecular formula is C12H13NO3. The Labute approximate surface area is 93.9 Å². The van der Waals surface area contributed by atoms with Crippen molar-refractivity contribution >= 4 is 18.5 Å². The second-order valence-corrected chi connectivity index (χ2v) is 2.95. The van der Waals surface area contributed by atoms with E-state index in [2.05, 4.69) is 5.32 Å². The highest BCUT2D eigenvalue weighted by molar-refractivity contribution is 5.95. The lowest BCUT2D eigenvalue weighted by Gasteiger charge is -2.05. The molecule has 0 aliphatic carbocycles. The van der Waals surface area contributed by atoms with Crippen LogP contribution in [-0.4, -0.2) is 19.0 Å². The summed E-state index contributed by atoms with van der Waals surface area (Å²) in [5.41, 5.74) is 0.947. The molecule has 4 heteroatoms. The predicted octanol–water partition coefficient (Wildman–Crippen LogP) is 1.34. The van der Waals surface area contributed by atoms with Gasteiger partial charge in [-0.05, 0) is 18.6 Å². The van der Waals surface area contributed by atoms with Crippen LogP contribution in [0.3, 0.4) is 0 Å². The lowest BCUT2D eigenvalue weighted by atomic mass is 10.2. The normalized spacial score (nSPS) is 10.7. The molecule has 16 heavy (non-hydrogen) atoms. The average molecular weight is 219 g/mol. The maximum atomic E-state index is 11.4. The van der Waals surface area contributed by atoms with Crippen LogP contribution < -0.4 is 5.32 Å². The average Bonchev–Trinajstić information content (AvgIpc) is 2.30. The van der Waals surface area contributed by atoms with Gasteiger partial charge in [0.15, 0.2) is 0 Å². The minimum absolute atomic E-state index is 0.128. The summed E-state index contributed by atoms with van der Waals surface area (Å²) in [5.74, 6) is -0.543. The van der Waals surface area contributed by atoms with Crippen LogP contribution in [0.25, 0.3) is 6.08 Å². The van der Waals surface area contributed by atoms with Crippen molar-refractivity contribution in [2.24, 2.45) is 0 Å². The van der Waals surface area contributed by atoms with Crippen LogP contribution in [0, 0.1) is 0 Å². The van der Waals surface area contributed by atoms with Crippen molar-refractivity contribution in [2.75, 3.05) is 6.61 Å². The summed E-state index contributed by atoms with van der Waals surface area (Å²) in [5, 5.41) is 2.32. The molecule has 0 atom stereocenters. The minimum Gasteiger partial charge on any atom is -0.461 e. The maximum Gasteiger partial charge on any atom is 0.354 e. The molecule has 0 heterocycles. The number of ether oxygens (including phenoxy) is 1. The standard InChI is InChI=1S/C12H13NO3/c1-2-16-12(15)11(13-9-14)8-10-6-4-3-5-7-10/h3-9H,2H2,1H3,(H,13,14)/b11-8+. The van der Waals surface area contributed by atoms with E-state index in [1.54, 1.807) is 13.0 Å². The van der Waals surface area contributed by atoms with Crippen molar-refractivity contribution in [3.8, 4) is 0 Å². The van der Waals surface area contributed by atoms with Gasteiger partial charge in [-0.3, -0.25) is 4.79 Å². The van der Waals surface area contributed by atoms with E-state index in [0.29, 0.717) is 6.41 Å². The monoisotopic (exact) mass is 219 g/mol. The highest BCUT2D eigenvalue weighted by atomic mass is 16.5. The molecule has 0 aliphatic heterocycles. The van der Waals surface area contributed by atoms with Gasteiger partial charge in [0, 0.05) is 0 Å². The molecule has 0 fully saturated rings. The van der Waals surface area contributed by atoms with Crippen LogP contribution in [-0.2, 0) is 14.3 Å². The summed E-state index contributed by atoms with van der Waals surface area (Å²) in [7, 11) is 0. The third-order valence-corrected chi connectivity index (χ3v) is 1.82. The lowest BCUT2D eigenvalue weighted by Crippen LogP contribution is -2.20. The van der Waals surface area contributed by atoms with Crippen molar-refractivity contribution in [3.05, 3.63) is 41.6 Å². The fourth-order valence-corrected chi connectivity index (χ4v) is 1.15. The van der Waals surface area contributed by atoms with E-state index in [1.807, 2.05) is 30.3 Å². The Hall–Kier alpha value is -2.10. The molecule has 0 aliphatic rings. The van der Waals surface area contributed by atoms with Crippen LogP contribution in [0.4, 0.5) is 0 Å². The van der Waals surface area contributed by atoms with Crippen molar-refractivity contribution in [3.63, 3.8) is 0 Å². The topological polar surface area (TPSA) is 55.4 Å². The summed E-state index contributed by atoms with van der Waals surface area (Å²) >= 11 is 0. The zero-order valence-electron chi connectivity index (χ0n) is 8.97. The van der Waals surface area contributed by atoms with Crippen LogP contribution in [0.2, 0.25) is 0 Å². The van der Waals surface area contributed by atoms with Gasteiger partial charge in [0.1, 0.15) is 5.70 Å². The zero-order chi connectivity index (χ0) is 11.8. The first-order chi connectivity index (χ1) is 7.77. The number of carbonyl (C=O) groups is 2. The number of hydrogen-bond donors (Lipinski definition) is 1. The van der Waals surface area contributed by atoms with Gasteiger partial charge >= 0.3 is 5.97 Å². The Bertz CT molecular complexity index is 385. The van der Waals surface area contributed by atoms with E-state index in [-0.39, 0.29) is 12.3 Å². The van der Waals surface area contributed by atoms with Crippen molar-refractivity contribution < 1.29 is 14.3 Å². The summed E-state index contributed by atoms with van der Waals surface area (Å²) in [4.78, 5) is 21.8. The van der Waals surface area contributed by atoms with Crippen molar-refractivity contribution in [2.45, 2.75) is 6.92 Å². The molecular weight excluding hydrogens is 206 g/mol. The van der Waals surface area contributed by atoms with Gasteiger partial charge in [-0.25, -0.2) is 4.79 Å². The lowest BCUT2D eigenvalue weighted by molar-refractivity contribution is -0.139. The molecule has 0 radical (unpaired) electrons. The zero-order valence-corrected chi connectivity index (χ0v) is 8.97. The molecule has 1 aromatic rings. The van der Waals surface area contributed by atoms with Crippen LogP contribution in [0.5, 0.6) is 0 Å². The molecule has 84 valence electrons. The van der Waals surface area contributed by atoms with Gasteiger partial charge in [0.25, 0.3) is 0 Å². The number of amides is 1. The first-order valence-electron chi connectivity index (χ1n) is 4.92. The second-order valence-electron chi connectivity index (χ2n) is 2.95. The molecule has 0 spiro atoms. The number of hydrogen-bond acceptors (Lipinski definition) is 3. The van der Waals surface area contributed by atoms with Gasteiger partial charge in [0.2, 0.25) is 6.41 Å². The van der Waals surface area contributed by atoms with E-state index < -0.39 is 5.97 Å². The first kappa shape index (κ1) is 12.0. The Balaban J connectivity index is 2.88.